The van der Waals surface area contributed by atoms with Crippen molar-refractivity contribution in [3.63, 3.8) is 0 Å². The van der Waals surface area contributed by atoms with E-state index in [0.717, 1.165) is 6.20 Å². The zero-order chi connectivity index (χ0) is 14.3. The number of sulfone groups is 1. The van der Waals surface area contributed by atoms with Crippen LogP contribution in [0.25, 0.3) is 11.4 Å². The Morgan fingerprint density at radius 2 is 2.20 bits per heavy atom. The van der Waals surface area contributed by atoms with E-state index in [1.807, 2.05) is 0 Å². The Labute approximate surface area is 115 Å². The molecule has 2 aromatic rings. The Morgan fingerprint density at radius 3 is 2.80 bits per heavy atom. The Hall–Kier alpha value is -1.96. The van der Waals surface area contributed by atoms with Crippen LogP contribution in [0.15, 0.2) is 24.5 Å². The van der Waals surface area contributed by atoms with Gasteiger partial charge in [-0.05, 0) is 18.6 Å². The number of aromatic nitrogens is 3. The molecule has 0 amide bonds. The van der Waals surface area contributed by atoms with Gasteiger partial charge in [-0.1, -0.05) is 0 Å². The third kappa shape index (κ3) is 2.38. The van der Waals surface area contributed by atoms with Crippen molar-refractivity contribution in [3.05, 3.63) is 30.3 Å². The number of anilines is 1. The molecule has 0 bridgehead atoms. The zero-order valence-corrected chi connectivity index (χ0v) is 11.3. The SMILES string of the molecule is Nc1cn(C2CCS(=O)(=O)C2)nc1-c1ccc(F)cn1. The number of nitrogens with zero attached hydrogens (tertiary/aromatic N) is 3. The van der Waals surface area contributed by atoms with Crippen molar-refractivity contribution in [2.75, 3.05) is 17.2 Å². The Kier molecular flexibility index (Phi) is 2.97. The maximum absolute atomic E-state index is 12.9. The molecule has 0 spiro atoms. The minimum Gasteiger partial charge on any atom is -0.396 e. The summed E-state index contributed by atoms with van der Waals surface area (Å²) in [5, 5.41) is 4.30. The smallest absolute Gasteiger partial charge is 0.152 e. The molecule has 0 saturated carbocycles. The van der Waals surface area contributed by atoms with Crippen LogP contribution in [0.5, 0.6) is 0 Å². The van der Waals surface area contributed by atoms with Gasteiger partial charge in [-0.15, -0.1) is 0 Å². The number of halogens is 1. The van der Waals surface area contributed by atoms with E-state index in [1.54, 1.807) is 10.9 Å². The van der Waals surface area contributed by atoms with Crippen molar-refractivity contribution in [2.24, 2.45) is 0 Å². The predicted octanol–water partition coefficient (Wildman–Crippen LogP) is 1.03. The number of pyridine rings is 1. The van der Waals surface area contributed by atoms with E-state index in [4.69, 9.17) is 5.73 Å². The quantitative estimate of drug-likeness (QED) is 0.893. The molecular formula is C12H13FN4O2S. The van der Waals surface area contributed by atoms with Gasteiger partial charge < -0.3 is 5.73 Å². The predicted molar refractivity (Wildman–Crippen MR) is 72.1 cm³/mol. The summed E-state index contributed by atoms with van der Waals surface area (Å²) in [6.45, 7) is 0. The largest absolute Gasteiger partial charge is 0.396 e. The lowest BCUT2D eigenvalue weighted by atomic mass is 10.2. The van der Waals surface area contributed by atoms with Crippen LogP contribution >= 0.6 is 0 Å². The lowest BCUT2D eigenvalue weighted by Gasteiger charge is -2.07. The lowest BCUT2D eigenvalue weighted by Crippen LogP contribution is -2.11. The molecule has 0 aliphatic carbocycles. The second kappa shape index (κ2) is 4.55. The van der Waals surface area contributed by atoms with E-state index in [0.29, 0.717) is 23.5 Å². The number of rotatable bonds is 2. The van der Waals surface area contributed by atoms with Crippen LogP contribution in [-0.2, 0) is 9.84 Å². The summed E-state index contributed by atoms with van der Waals surface area (Å²) in [5.41, 5.74) is 7.18. The average Bonchev–Trinajstić information content (AvgIpc) is 2.94. The van der Waals surface area contributed by atoms with Crippen LogP contribution in [0.4, 0.5) is 10.1 Å². The first-order valence-corrected chi connectivity index (χ1v) is 7.94. The molecule has 3 heterocycles. The Bertz CT molecular complexity index is 739. The van der Waals surface area contributed by atoms with Crippen molar-refractivity contribution in [1.29, 1.82) is 0 Å². The minimum absolute atomic E-state index is 0.0738. The highest BCUT2D eigenvalue weighted by Crippen LogP contribution is 2.28. The van der Waals surface area contributed by atoms with Crippen molar-refractivity contribution < 1.29 is 12.8 Å². The van der Waals surface area contributed by atoms with Gasteiger partial charge in [-0.3, -0.25) is 9.67 Å². The van der Waals surface area contributed by atoms with Gasteiger partial charge in [-0.2, -0.15) is 5.10 Å². The molecule has 1 unspecified atom stereocenters. The Balaban J connectivity index is 1.94. The molecule has 106 valence electrons. The van der Waals surface area contributed by atoms with E-state index in [2.05, 4.69) is 10.1 Å². The summed E-state index contributed by atoms with van der Waals surface area (Å²) in [7, 11) is -2.98. The van der Waals surface area contributed by atoms with Crippen LogP contribution in [0.2, 0.25) is 0 Å². The first-order chi connectivity index (χ1) is 9.44. The van der Waals surface area contributed by atoms with Crippen LogP contribution in [0.3, 0.4) is 0 Å². The molecule has 0 radical (unpaired) electrons. The zero-order valence-electron chi connectivity index (χ0n) is 10.5. The van der Waals surface area contributed by atoms with E-state index in [1.165, 1.54) is 12.1 Å². The minimum atomic E-state index is -2.98. The van der Waals surface area contributed by atoms with Crippen LogP contribution in [-0.4, -0.2) is 34.7 Å². The second-order valence-electron chi connectivity index (χ2n) is 4.83. The summed E-state index contributed by atoms with van der Waals surface area (Å²) in [4.78, 5) is 3.93. The van der Waals surface area contributed by atoms with Gasteiger partial charge in [0, 0.05) is 6.20 Å². The molecule has 1 atom stereocenters. The third-order valence-corrected chi connectivity index (χ3v) is 5.06. The molecule has 0 aromatic carbocycles. The van der Waals surface area contributed by atoms with Gasteiger partial charge in [0.25, 0.3) is 0 Å². The molecular weight excluding hydrogens is 283 g/mol. The highest BCUT2D eigenvalue weighted by molar-refractivity contribution is 7.91. The fourth-order valence-corrected chi connectivity index (χ4v) is 4.00. The van der Waals surface area contributed by atoms with Crippen molar-refractivity contribution in [3.8, 4) is 11.4 Å². The fourth-order valence-electron chi connectivity index (χ4n) is 2.29. The van der Waals surface area contributed by atoms with Crippen LogP contribution in [0, 0.1) is 5.82 Å². The number of hydrogen-bond donors (Lipinski definition) is 1. The van der Waals surface area contributed by atoms with Crippen LogP contribution < -0.4 is 5.73 Å². The molecule has 1 aliphatic rings. The highest BCUT2D eigenvalue weighted by atomic mass is 32.2. The topological polar surface area (TPSA) is 90.9 Å². The maximum Gasteiger partial charge on any atom is 0.152 e. The third-order valence-electron chi connectivity index (χ3n) is 3.31. The molecule has 8 heteroatoms. The molecule has 1 aliphatic heterocycles. The first kappa shape index (κ1) is 13.0. The number of hydrogen-bond acceptors (Lipinski definition) is 5. The normalized spacial score (nSPS) is 21.1. The van der Waals surface area contributed by atoms with Gasteiger partial charge >= 0.3 is 0 Å². The summed E-state index contributed by atoms with van der Waals surface area (Å²) in [6.07, 6.45) is 3.22. The van der Waals surface area contributed by atoms with Gasteiger partial charge in [0.1, 0.15) is 11.5 Å². The van der Waals surface area contributed by atoms with Gasteiger partial charge in [0.2, 0.25) is 0 Å². The molecule has 6 nitrogen and oxygen atoms in total. The molecule has 2 aromatic heterocycles. The van der Waals surface area contributed by atoms with Crippen molar-refractivity contribution >= 4 is 15.5 Å². The summed E-state index contributed by atoms with van der Waals surface area (Å²) in [6, 6.07) is 2.57. The van der Waals surface area contributed by atoms with E-state index in [-0.39, 0.29) is 17.5 Å². The summed E-state index contributed by atoms with van der Waals surface area (Å²) < 4.78 is 37.4. The monoisotopic (exact) mass is 296 g/mol. The van der Waals surface area contributed by atoms with Gasteiger partial charge in [0.05, 0.1) is 35.1 Å². The van der Waals surface area contributed by atoms with Crippen molar-refractivity contribution in [2.45, 2.75) is 12.5 Å². The van der Waals surface area contributed by atoms with Gasteiger partial charge in [0.15, 0.2) is 9.84 Å². The van der Waals surface area contributed by atoms with E-state index in [9.17, 15) is 12.8 Å². The van der Waals surface area contributed by atoms with E-state index < -0.39 is 15.7 Å². The lowest BCUT2D eigenvalue weighted by molar-refractivity contribution is 0.501. The number of nitrogen functional groups attached to an aromatic ring is 1. The molecule has 3 rings (SSSR count). The van der Waals surface area contributed by atoms with Crippen LogP contribution in [0.1, 0.15) is 12.5 Å². The number of nitrogens with two attached hydrogens (primary N) is 1. The summed E-state index contributed by atoms with van der Waals surface area (Å²) >= 11 is 0. The molecule has 20 heavy (non-hydrogen) atoms. The second-order valence-corrected chi connectivity index (χ2v) is 7.06. The molecule has 2 N–H and O–H groups in total. The van der Waals surface area contributed by atoms with Gasteiger partial charge in [-0.25, -0.2) is 12.8 Å². The maximum atomic E-state index is 12.9. The fraction of sp³-hybridized carbons (Fsp3) is 0.333. The first-order valence-electron chi connectivity index (χ1n) is 6.11. The average molecular weight is 296 g/mol. The van der Waals surface area contributed by atoms with E-state index >= 15 is 0 Å². The molecule has 1 saturated heterocycles. The Morgan fingerprint density at radius 1 is 1.40 bits per heavy atom. The van der Waals surface area contributed by atoms with Crippen molar-refractivity contribution in [1.82, 2.24) is 14.8 Å². The molecule has 1 fully saturated rings. The summed E-state index contributed by atoms with van der Waals surface area (Å²) in [5.74, 6) is -0.194. The highest BCUT2D eigenvalue weighted by Gasteiger charge is 2.30. The standard InChI is InChI=1S/C12H13FN4O2S/c13-8-1-2-11(15-5-8)12-10(14)6-17(16-12)9-3-4-20(18,19)7-9/h1-2,5-6,9H,3-4,7,14H2.